The summed E-state index contributed by atoms with van der Waals surface area (Å²) >= 11 is 0. The van der Waals surface area contributed by atoms with Crippen LogP contribution >= 0.6 is 0 Å². The second-order valence-corrected chi connectivity index (χ2v) is 8.28. The largest absolute Gasteiger partial charge is 0.337 e. The molecule has 0 spiro atoms. The zero-order chi connectivity index (χ0) is 20.1. The number of carbonyl (C=O) groups excluding carboxylic acids is 1. The number of hydrogen-bond acceptors (Lipinski definition) is 3. The summed E-state index contributed by atoms with van der Waals surface area (Å²) in [6, 6.07) is 22.9. The molecule has 3 aromatic rings. The van der Waals surface area contributed by atoms with Crippen molar-refractivity contribution in [2.75, 3.05) is 11.8 Å². The third kappa shape index (κ3) is 4.58. The van der Waals surface area contributed by atoms with Gasteiger partial charge < -0.3 is 4.90 Å². The number of anilines is 1. The highest BCUT2D eigenvalue weighted by Crippen LogP contribution is 2.20. The van der Waals surface area contributed by atoms with E-state index in [1.807, 2.05) is 49.4 Å². The van der Waals surface area contributed by atoms with E-state index in [0.29, 0.717) is 17.8 Å². The van der Waals surface area contributed by atoms with Gasteiger partial charge in [0.05, 0.1) is 10.6 Å². The number of para-hydroxylation sites is 1. The summed E-state index contributed by atoms with van der Waals surface area (Å²) in [4.78, 5) is 14.4. The van der Waals surface area contributed by atoms with Crippen LogP contribution in [0.4, 0.5) is 5.69 Å². The highest BCUT2D eigenvalue weighted by atomic mass is 32.2. The van der Waals surface area contributed by atoms with Crippen LogP contribution in [-0.4, -0.2) is 26.3 Å². The van der Waals surface area contributed by atoms with Crippen molar-refractivity contribution in [2.24, 2.45) is 0 Å². The first-order valence-electron chi connectivity index (χ1n) is 8.85. The lowest BCUT2D eigenvalue weighted by atomic mass is 10.1. The molecular weight excluding hydrogens is 372 g/mol. The molecule has 0 aliphatic rings. The minimum absolute atomic E-state index is 0.0507. The van der Waals surface area contributed by atoms with Crippen molar-refractivity contribution < 1.29 is 13.2 Å². The van der Waals surface area contributed by atoms with E-state index < -0.39 is 10.0 Å². The Kier molecular flexibility index (Phi) is 5.80. The summed E-state index contributed by atoms with van der Waals surface area (Å²) in [5, 5.41) is 0. The van der Waals surface area contributed by atoms with Crippen LogP contribution in [0.25, 0.3) is 0 Å². The van der Waals surface area contributed by atoms with Gasteiger partial charge in [0.1, 0.15) is 0 Å². The summed E-state index contributed by atoms with van der Waals surface area (Å²) in [6.07, 6.45) is 0. The van der Waals surface area contributed by atoms with E-state index >= 15 is 0 Å². The van der Waals surface area contributed by atoms with Crippen molar-refractivity contribution in [3.63, 3.8) is 0 Å². The lowest BCUT2D eigenvalue weighted by Gasteiger charge is -2.18. The molecule has 144 valence electrons. The number of carbonyl (C=O) groups is 1. The topological polar surface area (TPSA) is 66.5 Å². The molecule has 0 bridgehead atoms. The van der Waals surface area contributed by atoms with Crippen molar-refractivity contribution in [1.29, 1.82) is 0 Å². The predicted molar refractivity (Wildman–Crippen MR) is 111 cm³/mol. The number of aryl methyl sites for hydroxylation is 1. The number of nitrogens with zero attached hydrogens (tertiary/aromatic N) is 1. The molecule has 1 N–H and O–H groups in total. The molecule has 6 heteroatoms. The molecule has 3 aromatic carbocycles. The van der Waals surface area contributed by atoms with Gasteiger partial charge in [-0.3, -0.25) is 9.52 Å². The predicted octanol–water partition coefficient (Wildman–Crippen LogP) is 4.07. The minimum atomic E-state index is -3.80. The molecule has 5 nitrogen and oxygen atoms in total. The second kappa shape index (κ2) is 8.27. The summed E-state index contributed by atoms with van der Waals surface area (Å²) < 4.78 is 28.1. The molecule has 0 aromatic heterocycles. The smallest absolute Gasteiger partial charge is 0.261 e. The van der Waals surface area contributed by atoms with Crippen molar-refractivity contribution in [2.45, 2.75) is 18.4 Å². The van der Waals surface area contributed by atoms with E-state index in [1.165, 1.54) is 12.1 Å². The van der Waals surface area contributed by atoms with Gasteiger partial charge in [-0.15, -0.1) is 0 Å². The first kappa shape index (κ1) is 19.6. The summed E-state index contributed by atoms with van der Waals surface area (Å²) in [5.74, 6) is -0.239. The van der Waals surface area contributed by atoms with Crippen molar-refractivity contribution in [1.82, 2.24) is 4.90 Å². The monoisotopic (exact) mass is 394 g/mol. The maximum Gasteiger partial charge on any atom is 0.261 e. The number of rotatable bonds is 6. The van der Waals surface area contributed by atoms with Crippen LogP contribution in [0.5, 0.6) is 0 Å². The normalized spacial score (nSPS) is 11.1. The highest BCUT2D eigenvalue weighted by molar-refractivity contribution is 7.92. The quantitative estimate of drug-likeness (QED) is 0.685. The van der Waals surface area contributed by atoms with Gasteiger partial charge in [0.15, 0.2) is 0 Å². The molecular formula is C22H22N2O3S. The van der Waals surface area contributed by atoms with E-state index in [-0.39, 0.29) is 10.8 Å². The lowest BCUT2D eigenvalue weighted by Crippen LogP contribution is -2.26. The zero-order valence-corrected chi connectivity index (χ0v) is 16.6. The van der Waals surface area contributed by atoms with Crippen LogP contribution in [0.3, 0.4) is 0 Å². The maximum atomic E-state index is 12.8. The average Bonchev–Trinajstić information content (AvgIpc) is 2.70. The van der Waals surface area contributed by atoms with Crippen LogP contribution in [-0.2, 0) is 16.6 Å². The van der Waals surface area contributed by atoms with Crippen molar-refractivity contribution in [3.05, 3.63) is 95.6 Å². The third-order valence-electron chi connectivity index (χ3n) is 4.39. The van der Waals surface area contributed by atoms with Gasteiger partial charge >= 0.3 is 0 Å². The van der Waals surface area contributed by atoms with Crippen molar-refractivity contribution >= 4 is 21.6 Å². The number of amides is 1. The first-order valence-corrected chi connectivity index (χ1v) is 10.3. The molecule has 0 aliphatic heterocycles. The maximum absolute atomic E-state index is 12.8. The number of hydrogen-bond donors (Lipinski definition) is 1. The Hall–Kier alpha value is -3.12. The fourth-order valence-corrected chi connectivity index (χ4v) is 4.01. The molecule has 1 amide bonds. The van der Waals surface area contributed by atoms with E-state index in [2.05, 4.69) is 4.72 Å². The first-order chi connectivity index (χ1) is 13.4. The van der Waals surface area contributed by atoms with Gasteiger partial charge in [0.25, 0.3) is 15.9 Å². The molecule has 0 aliphatic carbocycles. The van der Waals surface area contributed by atoms with Crippen LogP contribution in [0.15, 0.2) is 83.8 Å². The van der Waals surface area contributed by atoms with Gasteiger partial charge in [0, 0.05) is 19.2 Å². The fourth-order valence-electron chi connectivity index (χ4n) is 2.84. The molecule has 0 fully saturated rings. The standard InChI is InChI=1S/C22H22N2O3S/c1-17-9-6-7-14-21(17)23-28(26,27)20-13-8-12-19(15-20)22(25)24(2)16-18-10-4-3-5-11-18/h3-15,23H,16H2,1-2H3. The zero-order valence-electron chi connectivity index (χ0n) is 15.8. The molecule has 0 heterocycles. The van der Waals surface area contributed by atoms with Crippen LogP contribution in [0.2, 0.25) is 0 Å². The van der Waals surface area contributed by atoms with E-state index in [1.54, 1.807) is 36.2 Å². The molecule has 0 saturated heterocycles. The molecule has 3 rings (SSSR count). The Bertz CT molecular complexity index is 1080. The minimum Gasteiger partial charge on any atom is -0.337 e. The summed E-state index contributed by atoms with van der Waals surface area (Å²) in [5.41, 5.74) is 2.66. The molecule has 0 saturated carbocycles. The molecule has 0 unspecified atom stereocenters. The van der Waals surface area contributed by atoms with E-state index in [0.717, 1.165) is 11.1 Å². The van der Waals surface area contributed by atoms with Gasteiger partial charge in [-0.25, -0.2) is 8.42 Å². The number of nitrogens with one attached hydrogen (secondary N) is 1. The van der Waals surface area contributed by atoms with E-state index in [9.17, 15) is 13.2 Å². The molecule has 0 radical (unpaired) electrons. The summed E-state index contributed by atoms with van der Waals surface area (Å²) in [6.45, 7) is 2.27. The van der Waals surface area contributed by atoms with Gasteiger partial charge in [-0.1, -0.05) is 54.6 Å². The van der Waals surface area contributed by atoms with Gasteiger partial charge in [-0.05, 0) is 42.3 Å². The second-order valence-electron chi connectivity index (χ2n) is 6.60. The Morgan fingerprint density at radius 3 is 2.32 bits per heavy atom. The highest BCUT2D eigenvalue weighted by Gasteiger charge is 2.19. The Morgan fingerprint density at radius 2 is 1.61 bits per heavy atom. The average molecular weight is 394 g/mol. The van der Waals surface area contributed by atoms with Crippen LogP contribution in [0, 0.1) is 6.92 Å². The molecule has 0 atom stereocenters. The summed E-state index contributed by atoms with van der Waals surface area (Å²) in [7, 11) is -2.10. The number of benzene rings is 3. The van der Waals surface area contributed by atoms with Gasteiger partial charge in [-0.2, -0.15) is 0 Å². The molecule has 28 heavy (non-hydrogen) atoms. The fraction of sp³-hybridized carbons (Fsp3) is 0.136. The Balaban J connectivity index is 1.81. The number of sulfonamides is 1. The lowest BCUT2D eigenvalue weighted by molar-refractivity contribution is 0.0785. The SMILES string of the molecule is Cc1ccccc1NS(=O)(=O)c1cccc(C(=O)N(C)Cc2ccccc2)c1. The Morgan fingerprint density at radius 1 is 0.929 bits per heavy atom. The van der Waals surface area contributed by atoms with Crippen LogP contribution < -0.4 is 4.72 Å². The van der Waals surface area contributed by atoms with E-state index in [4.69, 9.17) is 0 Å². The third-order valence-corrected chi connectivity index (χ3v) is 5.75. The van der Waals surface area contributed by atoms with Gasteiger partial charge in [0.2, 0.25) is 0 Å². The Labute approximate surface area is 165 Å². The van der Waals surface area contributed by atoms with Crippen LogP contribution in [0.1, 0.15) is 21.5 Å². The van der Waals surface area contributed by atoms with Crippen molar-refractivity contribution in [3.8, 4) is 0 Å².